The van der Waals surface area contributed by atoms with Crippen molar-refractivity contribution in [3.8, 4) is 0 Å². The fraction of sp³-hybridized carbons (Fsp3) is 0.100. The number of rotatable bonds is 4. The molecule has 3 aromatic rings. The second kappa shape index (κ2) is 7.77. The second-order valence-corrected chi connectivity index (χ2v) is 7.22. The Kier molecular flexibility index (Phi) is 5.03. The van der Waals surface area contributed by atoms with E-state index in [0.29, 0.717) is 29.1 Å². The Morgan fingerprint density at radius 1 is 1.14 bits per heavy atom. The number of carbonyl (C=O) groups is 2. The van der Waals surface area contributed by atoms with Gasteiger partial charge in [0, 0.05) is 28.7 Å². The van der Waals surface area contributed by atoms with Gasteiger partial charge in [-0.2, -0.15) is 0 Å². The van der Waals surface area contributed by atoms with Crippen LogP contribution in [0.25, 0.3) is 0 Å². The smallest absolute Gasteiger partial charge is 0.256 e. The summed E-state index contributed by atoms with van der Waals surface area (Å²) in [6.07, 6.45) is 5.28. The molecule has 0 aliphatic carbocycles. The minimum Gasteiger partial charge on any atom is -0.352 e. The topological polar surface area (TPSA) is 84.0 Å². The van der Waals surface area contributed by atoms with Gasteiger partial charge >= 0.3 is 0 Å². The summed E-state index contributed by atoms with van der Waals surface area (Å²) in [7, 11) is 0. The molecular formula is C20H15FN4O2S. The van der Waals surface area contributed by atoms with Crippen LogP contribution in [0.4, 0.5) is 10.1 Å². The number of halogens is 1. The van der Waals surface area contributed by atoms with E-state index in [1.165, 1.54) is 30.2 Å². The molecule has 1 aliphatic heterocycles. The van der Waals surface area contributed by atoms with Crippen LogP contribution in [0.3, 0.4) is 0 Å². The molecule has 1 aliphatic rings. The molecule has 2 aromatic carbocycles. The number of aromatic nitrogens is 2. The van der Waals surface area contributed by atoms with Gasteiger partial charge in [0.15, 0.2) is 0 Å². The van der Waals surface area contributed by atoms with Crippen LogP contribution >= 0.6 is 11.8 Å². The maximum atomic E-state index is 14.6. The van der Waals surface area contributed by atoms with Crippen LogP contribution < -0.4 is 10.6 Å². The molecule has 0 unspecified atom stereocenters. The van der Waals surface area contributed by atoms with Crippen molar-refractivity contribution >= 4 is 29.3 Å². The zero-order chi connectivity index (χ0) is 19.5. The fourth-order valence-electron chi connectivity index (χ4n) is 2.84. The van der Waals surface area contributed by atoms with Gasteiger partial charge in [-0.15, -0.1) is 0 Å². The minimum absolute atomic E-state index is 0.116. The van der Waals surface area contributed by atoms with Gasteiger partial charge in [-0.3, -0.25) is 9.59 Å². The van der Waals surface area contributed by atoms with Gasteiger partial charge < -0.3 is 10.6 Å². The molecule has 6 nitrogen and oxygen atoms in total. The molecule has 1 aromatic heterocycles. The summed E-state index contributed by atoms with van der Waals surface area (Å²) in [5, 5.41) is 5.45. The summed E-state index contributed by atoms with van der Waals surface area (Å²) in [6.45, 7) is 0.315. The molecule has 2 amide bonds. The number of nitrogens with zero attached hydrogens (tertiary/aromatic N) is 2. The van der Waals surface area contributed by atoms with Crippen molar-refractivity contribution in [2.75, 3.05) is 11.9 Å². The van der Waals surface area contributed by atoms with Crippen LogP contribution in [-0.4, -0.2) is 28.3 Å². The highest BCUT2D eigenvalue weighted by molar-refractivity contribution is 7.99. The van der Waals surface area contributed by atoms with E-state index in [-0.39, 0.29) is 11.5 Å². The molecule has 0 atom stereocenters. The number of benzene rings is 2. The number of carbonyl (C=O) groups excluding carboxylic acids is 2. The third-order valence-corrected chi connectivity index (χ3v) is 5.36. The molecule has 0 spiro atoms. The molecule has 2 heterocycles. The first-order chi connectivity index (χ1) is 13.6. The number of hydrogen-bond acceptors (Lipinski definition) is 5. The minimum atomic E-state index is -0.638. The van der Waals surface area contributed by atoms with Crippen LogP contribution in [-0.2, 0) is 6.42 Å². The van der Waals surface area contributed by atoms with E-state index in [1.807, 2.05) is 6.07 Å². The number of hydrogen-bond donors (Lipinski definition) is 2. The van der Waals surface area contributed by atoms with Crippen molar-refractivity contribution < 1.29 is 14.0 Å². The highest BCUT2D eigenvalue weighted by atomic mass is 32.2. The van der Waals surface area contributed by atoms with Crippen LogP contribution in [0.15, 0.2) is 64.9 Å². The lowest BCUT2D eigenvalue weighted by Gasteiger charge is -2.11. The zero-order valence-electron chi connectivity index (χ0n) is 14.6. The quantitative estimate of drug-likeness (QED) is 0.709. The molecule has 0 saturated heterocycles. The van der Waals surface area contributed by atoms with E-state index in [9.17, 15) is 14.0 Å². The monoisotopic (exact) mass is 394 g/mol. The first-order valence-electron chi connectivity index (χ1n) is 8.55. The molecular weight excluding hydrogens is 379 g/mol. The van der Waals surface area contributed by atoms with E-state index >= 15 is 0 Å². The third-order valence-electron chi connectivity index (χ3n) is 4.23. The lowest BCUT2D eigenvalue weighted by molar-refractivity contribution is 0.0948. The Balaban J connectivity index is 1.53. The largest absolute Gasteiger partial charge is 0.352 e. The number of anilines is 1. The zero-order valence-corrected chi connectivity index (χ0v) is 15.4. The third kappa shape index (κ3) is 3.72. The van der Waals surface area contributed by atoms with Crippen molar-refractivity contribution in [1.29, 1.82) is 0 Å². The van der Waals surface area contributed by atoms with Crippen LogP contribution in [0, 0.1) is 5.82 Å². The number of amides is 2. The molecule has 8 heteroatoms. The maximum absolute atomic E-state index is 14.6. The van der Waals surface area contributed by atoms with Gasteiger partial charge in [0.05, 0.1) is 16.8 Å². The van der Waals surface area contributed by atoms with Gasteiger partial charge in [0.1, 0.15) is 12.1 Å². The van der Waals surface area contributed by atoms with Gasteiger partial charge in [-0.1, -0.05) is 23.9 Å². The molecule has 2 N–H and O–H groups in total. The second-order valence-electron chi connectivity index (χ2n) is 6.13. The van der Waals surface area contributed by atoms with E-state index in [2.05, 4.69) is 20.6 Å². The molecule has 140 valence electrons. The van der Waals surface area contributed by atoms with E-state index < -0.39 is 11.7 Å². The summed E-state index contributed by atoms with van der Waals surface area (Å²) in [5.41, 5.74) is 1.68. The van der Waals surface area contributed by atoms with Gasteiger partial charge in [0.2, 0.25) is 0 Å². The van der Waals surface area contributed by atoms with Crippen molar-refractivity contribution in [3.63, 3.8) is 0 Å². The summed E-state index contributed by atoms with van der Waals surface area (Å²) in [5.74, 6) is -1.47. The predicted molar refractivity (Wildman–Crippen MR) is 103 cm³/mol. The average Bonchev–Trinajstić information content (AvgIpc) is 2.84. The average molecular weight is 394 g/mol. The summed E-state index contributed by atoms with van der Waals surface area (Å²) >= 11 is 1.29. The first-order valence-corrected chi connectivity index (χ1v) is 9.37. The lowest BCUT2D eigenvalue weighted by Crippen LogP contribution is -2.27. The Morgan fingerprint density at radius 3 is 2.75 bits per heavy atom. The predicted octanol–water partition coefficient (Wildman–Crippen LogP) is 3.31. The van der Waals surface area contributed by atoms with Crippen LogP contribution in [0.1, 0.15) is 26.3 Å². The molecule has 0 radical (unpaired) electrons. The Labute approximate surface area is 164 Å². The molecule has 4 rings (SSSR count). The van der Waals surface area contributed by atoms with E-state index in [1.54, 1.807) is 30.6 Å². The lowest BCUT2D eigenvalue weighted by atomic mass is 10.1. The van der Waals surface area contributed by atoms with Gasteiger partial charge in [-0.05, 0) is 36.2 Å². The van der Waals surface area contributed by atoms with Gasteiger partial charge in [0.25, 0.3) is 11.8 Å². The van der Waals surface area contributed by atoms with Crippen LogP contribution in [0.5, 0.6) is 0 Å². The highest BCUT2D eigenvalue weighted by Crippen LogP contribution is 2.39. The number of nitrogens with one attached hydrogen (secondary N) is 2. The molecule has 0 saturated carbocycles. The normalized spacial score (nSPS) is 12.4. The van der Waals surface area contributed by atoms with Gasteiger partial charge in [-0.25, -0.2) is 14.4 Å². The van der Waals surface area contributed by atoms with Crippen LogP contribution in [0.2, 0.25) is 0 Å². The van der Waals surface area contributed by atoms with Crippen molar-refractivity contribution in [2.24, 2.45) is 0 Å². The Hall–Kier alpha value is -3.26. The van der Waals surface area contributed by atoms with Crippen molar-refractivity contribution in [3.05, 3.63) is 77.6 Å². The first kappa shape index (κ1) is 18.1. The van der Waals surface area contributed by atoms with E-state index in [4.69, 9.17) is 0 Å². The Morgan fingerprint density at radius 2 is 1.93 bits per heavy atom. The molecule has 0 fully saturated rings. The fourth-order valence-corrected chi connectivity index (χ4v) is 3.87. The van der Waals surface area contributed by atoms with Crippen molar-refractivity contribution in [2.45, 2.75) is 16.2 Å². The SMILES string of the molecule is O=C(NCCc1cncnc1)c1cc2c(cc1F)Sc1ccccc1C(=O)N2. The summed E-state index contributed by atoms with van der Waals surface area (Å²) in [6, 6.07) is 9.76. The number of fused-ring (bicyclic) bond motifs is 2. The Bertz CT molecular complexity index is 1060. The summed E-state index contributed by atoms with van der Waals surface area (Å²) < 4.78 is 14.6. The van der Waals surface area contributed by atoms with E-state index in [0.717, 1.165) is 10.5 Å². The standard InChI is InChI=1S/C20H15FN4O2S/c21-15-8-18-16(25-20(27)13-3-1-2-4-17(13)28-18)7-14(15)19(26)24-6-5-12-9-22-11-23-10-12/h1-4,7-11H,5-6H2,(H,24,26)(H,25,27). The molecule has 28 heavy (non-hydrogen) atoms. The maximum Gasteiger partial charge on any atom is 0.256 e. The summed E-state index contributed by atoms with van der Waals surface area (Å²) in [4.78, 5) is 34.0. The van der Waals surface area contributed by atoms with Crippen molar-refractivity contribution in [1.82, 2.24) is 15.3 Å². The highest BCUT2D eigenvalue weighted by Gasteiger charge is 2.23. The molecule has 0 bridgehead atoms.